The molecule has 5 rings (SSSR count). The number of carbonyl (C=O) groups excluding carboxylic acids is 1. The summed E-state index contributed by atoms with van der Waals surface area (Å²) >= 11 is 1.46. The summed E-state index contributed by atoms with van der Waals surface area (Å²) in [5, 5.41) is 12.3. The van der Waals surface area contributed by atoms with Crippen LogP contribution in [0, 0.1) is 0 Å². The zero-order chi connectivity index (χ0) is 24.3. The van der Waals surface area contributed by atoms with E-state index >= 15 is 0 Å². The number of anilines is 1. The lowest BCUT2D eigenvalue weighted by atomic mass is 9.91. The Balaban J connectivity index is 1.32. The van der Waals surface area contributed by atoms with Gasteiger partial charge in [-0.2, -0.15) is 4.31 Å². The Kier molecular flexibility index (Phi) is 7.31. The van der Waals surface area contributed by atoms with E-state index in [9.17, 15) is 13.2 Å². The number of nitrogens with one attached hydrogen (secondary N) is 1. The number of thiophene rings is 1. The van der Waals surface area contributed by atoms with Crippen LogP contribution in [0.5, 0.6) is 0 Å². The van der Waals surface area contributed by atoms with Crippen LogP contribution in [0.25, 0.3) is 10.8 Å². The van der Waals surface area contributed by atoms with Crippen molar-refractivity contribution >= 4 is 33.3 Å². The average molecular weight is 515 g/mol. The maximum atomic E-state index is 13.8. The average Bonchev–Trinajstić information content (AvgIpc) is 3.58. The molecular formula is C25H30N4O4S2. The maximum absolute atomic E-state index is 13.8. The van der Waals surface area contributed by atoms with Gasteiger partial charge < -0.3 is 4.42 Å². The first-order chi connectivity index (χ1) is 17.0. The van der Waals surface area contributed by atoms with Crippen molar-refractivity contribution in [3.05, 3.63) is 47.3 Å². The van der Waals surface area contributed by atoms with E-state index in [0.717, 1.165) is 56.2 Å². The molecule has 2 aliphatic carbocycles. The molecule has 2 fully saturated rings. The quantitative estimate of drug-likeness (QED) is 0.433. The van der Waals surface area contributed by atoms with Crippen molar-refractivity contribution in [2.45, 2.75) is 81.2 Å². The lowest BCUT2D eigenvalue weighted by molar-refractivity contribution is 0.102. The number of carbonyl (C=O) groups is 1. The number of aromatic nitrogens is 2. The second-order valence-corrected chi connectivity index (χ2v) is 12.1. The van der Waals surface area contributed by atoms with Crippen molar-refractivity contribution in [1.82, 2.24) is 14.5 Å². The van der Waals surface area contributed by atoms with Gasteiger partial charge >= 0.3 is 6.01 Å². The van der Waals surface area contributed by atoms with Crippen LogP contribution in [-0.2, 0) is 10.0 Å². The number of hydrogen-bond donors (Lipinski definition) is 1. The molecule has 2 aliphatic rings. The SMILES string of the molecule is O=C(Nc1nnc(-c2cccs2)o1)c1ccc(S(=O)(=O)N(C2CCCCC2)C2CCCCC2)cc1. The van der Waals surface area contributed by atoms with Crippen LogP contribution in [0.2, 0.25) is 0 Å². The van der Waals surface area contributed by atoms with Gasteiger partial charge in [0.2, 0.25) is 10.0 Å². The highest BCUT2D eigenvalue weighted by molar-refractivity contribution is 7.89. The molecule has 0 atom stereocenters. The number of benzene rings is 1. The van der Waals surface area contributed by atoms with Gasteiger partial charge in [0.1, 0.15) is 0 Å². The van der Waals surface area contributed by atoms with Crippen LogP contribution in [0.1, 0.15) is 74.6 Å². The van der Waals surface area contributed by atoms with E-state index in [1.807, 2.05) is 21.8 Å². The second-order valence-electron chi connectivity index (χ2n) is 9.29. The molecule has 0 spiro atoms. The number of nitrogens with zero attached hydrogens (tertiary/aromatic N) is 3. The Labute approximate surface area is 209 Å². The Morgan fingerprint density at radius 2 is 1.54 bits per heavy atom. The molecule has 2 heterocycles. The summed E-state index contributed by atoms with van der Waals surface area (Å²) in [7, 11) is -3.66. The number of hydrogen-bond acceptors (Lipinski definition) is 7. The van der Waals surface area contributed by atoms with Crippen LogP contribution in [0.15, 0.2) is 51.1 Å². The Morgan fingerprint density at radius 1 is 0.914 bits per heavy atom. The fourth-order valence-electron chi connectivity index (χ4n) is 5.20. The van der Waals surface area contributed by atoms with E-state index in [4.69, 9.17) is 4.42 Å². The minimum absolute atomic E-state index is 0.00382. The summed E-state index contributed by atoms with van der Waals surface area (Å²) in [6.45, 7) is 0. The van der Waals surface area contributed by atoms with Crippen molar-refractivity contribution in [1.29, 1.82) is 0 Å². The van der Waals surface area contributed by atoms with Crippen LogP contribution in [0.3, 0.4) is 0 Å². The van der Waals surface area contributed by atoms with Crippen molar-refractivity contribution in [2.24, 2.45) is 0 Å². The summed E-state index contributed by atoms with van der Waals surface area (Å²) in [5.41, 5.74) is 0.321. The number of rotatable bonds is 7. The van der Waals surface area contributed by atoms with E-state index in [0.29, 0.717) is 11.5 Å². The fraction of sp³-hybridized carbons (Fsp3) is 0.480. The molecule has 186 valence electrons. The highest BCUT2D eigenvalue weighted by atomic mass is 32.2. The van der Waals surface area contributed by atoms with E-state index in [1.165, 1.54) is 36.3 Å². The molecule has 8 nitrogen and oxygen atoms in total. The third-order valence-electron chi connectivity index (χ3n) is 6.94. The predicted octanol–water partition coefficient (Wildman–Crippen LogP) is 5.71. The van der Waals surface area contributed by atoms with Gasteiger partial charge in [0, 0.05) is 17.6 Å². The first kappa shape index (κ1) is 24.1. The lowest BCUT2D eigenvalue weighted by Gasteiger charge is -2.40. The van der Waals surface area contributed by atoms with Crippen molar-refractivity contribution in [2.75, 3.05) is 5.32 Å². The molecule has 1 aromatic carbocycles. The summed E-state index contributed by atoms with van der Waals surface area (Å²) < 4.78 is 35.0. The Hall–Kier alpha value is -2.56. The monoisotopic (exact) mass is 514 g/mol. The van der Waals surface area contributed by atoms with Gasteiger partial charge in [-0.25, -0.2) is 8.42 Å². The summed E-state index contributed by atoms with van der Waals surface area (Å²) in [5.74, 6) is -0.103. The molecule has 0 radical (unpaired) electrons. The molecule has 0 saturated heterocycles. The molecule has 0 unspecified atom stereocenters. The van der Waals surface area contributed by atoms with Gasteiger partial charge in [-0.3, -0.25) is 10.1 Å². The summed E-state index contributed by atoms with van der Waals surface area (Å²) in [6, 6.07) is 10.0. The van der Waals surface area contributed by atoms with E-state index in [1.54, 1.807) is 12.1 Å². The lowest BCUT2D eigenvalue weighted by Crippen LogP contribution is -2.48. The summed E-state index contributed by atoms with van der Waals surface area (Å²) in [4.78, 5) is 13.8. The van der Waals surface area contributed by atoms with Crippen molar-refractivity contribution in [3.63, 3.8) is 0 Å². The topological polar surface area (TPSA) is 105 Å². The molecule has 2 saturated carbocycles. The molecule has 10 heteroatoms. The van der Waals surface area contributed by atoms with Gasteiger partial charge in [0.05, 0.1) is 9.77 Å². The highest BCUT2D eigenvalue weighted by Gasteiger charge is 2.38. The predicted molar refractivity (Wildman–Crippen MR) is 135 cm³/mol. The molecule has 1 N–H and O–H groups in total. The van der Waals surface area contributed by atoms with Crippen molar-refractivity contribution < 1.29 is 17.6 Å². The van der Waals surface area contributed by atoms with Crippen LogP contribution < -0.4 is 5.32 Å². The first-order valence-corrected chi connectivity index (χ1v) is 14.7. The minimum Gasteiger partial charge on any atom is -0.402 e. The number of sulfonamides is 1. The van der Waals surface area contributed by atoms with Crippen molar-refractivity contribution in [3.8, 4) is 10.8 Å². The minimum atomic E-state index is -3.66. The Morgan fingerprint density at radius 3 is 2.11 bits per heavy atom. The second kappa shape index (κ2) is 10.6. The molecule has 0 bridgehead atoms. The smallest absolute Gasteiger partial charge is 0.322 e. The van der Waals surface area contributed by atoms with Crippen LogP contribution in [0.4, 0.5) is 6.01 Å². The van der Waals surface area contributed by atoms with Crippen LogP contribution in [-0.4, -0.2) is 40.9 Å². The fourth-order valence-corrected chi connectivity index (χ4v) is 7.78. The summed E-state index contributed by atoms with van der Waals surface area (Å²) in [6.07, 6.45) is 10.3. The molecule has 1 amide bonds. The molecule has 0 aliphatic heterocycles. The first-order valence-electron chi connectivity index (χ1n) is 12.3. The molecule has 2 aromatic heterocycles. The normalized spacial score (nSPS) is 18.1. The largest absolute Gasteiger partial charge is 0.402 e. The number of amides is 1. The van der Waals surface area contributed by atoms with E-state index in [-0.39, 0.29) is 23.0 Å². The molecule has 35 heavy (non-hydrogen) atoms. The third kappa shape index (κ3) is 5.34. The van der Waals surface area contributed by atoms with Gasteiger partial charge in [0.15, 0.2) is 0 Å². The molecule has 3 aromatic rings. The van der Waals surface area contributed by atoms with Gasteiger partial charge in [-0.05, 0) is 61.4 Å². The standard InChI is InChI=1S/C25H30N4O4S2/c30-23(26-25-28-27-24(33-25)22-12-7-17-34-22)18-13-15-21(16-14-18)35(31,32)29(19-8-3-1-4-9-19)20-10-5-2-6-11-20/h7,12-17,19-20H,1-6,8-11H2,(H,26,28,30). The van der Waals surface area contributed by atoms with Crippen LogP contribution >= 0.6 is 11.3 Å². The third-order valence-corrected chi connectivity index (χ3v) is 9.82. The zero-order valence-electron chi connectivity index (χ0n) is 19.6. The van der Waals surface area contributed by atoms with E-state index in [2.05, 4.69) is 15.5 Å². The highest BCUT2D eigenvalue weighted by Crippen LogP contribution is 2.35. The Bertz CT molecular complexity index is 1210. The zero-order valence-corrected chi connectivity index (χ0v) is 21.2. The van der Waals surface area contributed by atoms with Gasteiger partial charge in [-0.1, -0.05) is 49.7 Å². The maximum Gasteiger partial charge on any atom is 0.322 e. The van der Waals surface area contributed by atoms with Gasteiger partial charge in [-0.15, -0.1) is 16.4 Å². The van der Waals surface area contributed by atoms with Gasteiger partial charge in [0.25, 0.3) is 11.8 Å². The molecular weight excluding hydrogens is 484 g/mol. The van der Waals surface area contributed by atoms with E-state index < -0.39 is 15.9 Å².